The summed E-state index contributed by atoms with van der Waals surface area (Å²) in [5.41, 5.74) is 4.02. The molecule has 3 rings (SSSR count). The minimum Gasteiger partial charge on any atom is -0.392 e. The molecule has 1 heterocycles. The second kappa shape index (κ2) is 22.2. The minimum absolute atomic E-state index is 0.0144. The highest BCUT2D eigenvalue weighted by Crippen LogP contribution is 2.42. The van der Waals surface area contributed by atoms with E-state index in [-0.39, 0.29) is 30.8 Å². The predicted octanol–water partition coefficient (Wildman–Crippen LogP) is 8.81. The second-order valence-electron chi connectivity index (χ2n) is 13.1. The zero-order chi connectivity index (χ0) is 33.0. The summed E-state index contributed by atoms with van der Waals surface area (Å²) in [5.74, 6) is 0.161. The van der Waals surface area contributed by atoms with Crippen molar-refractivity contribution in [1.29, 1.82) is 0 Å². The summed E-state index contributed by atoms with van der Waals surface area (Å²) in [4.78, 5) is 14.5. The van der Waals surface area contributed by atoms with Gasteiger partial charge in [-0.25, -0.2) is 4.79 Å². The maximum absolute atomic E-state index is 11.9. The molecule has 1 aliphatic heterocycles. The molecule has 258 valence electrons. The van der Waals surface area contributed by atoms with Crippen LogP contribution in [0, 0.1) is 5.92 Å². The molecule has 1 saturated heterocycles. The van der Waals surface area contributed by atoms with Crippen LogP contribution in [-0.4, -0.2) is 48.3 Å². The summed E-state index contributed by atoms with van der Waals surface area (Å²) in [6, 6.07) is 16.2. The highest BCUT2D eigenvalue weighted by Gasteiger charge is 2.39. The monoisotopic (exact) mass is 637 g/mol. The second-order valence-corrected chi connectivity index (χ2v) is 13.1. The van der Waals surface area contributed by atoms with Crippen molar-refractivity contribution in [1.82, 2.24) is 15.5 Å². The molecule has 46 heavy (non-hydrogen) atoms. The van der Waals surface area contributed by atoms with Crippen LogP contribution in [0.1, 0.15) is 139 Å². The molecular formula is C39H63N3O4. The molecule has 0 radical (unpaired) electrons. The molecule has 0 bridgehead atoms. The van der Waals surface area contributed by atoms with Crippen LogP contribution in [0.2, 0.25) is 0 Å². The van der Waals surface area contributed by atoms with E-state index in [0.29, 0.717) is 13.1 Å². The molecule has 1 aliphatic rings. The lowest BCUT2D eigenvalue weighted by Crippen LogP contribution is -2.45. The highest BCUT2D eigenvalue weighted by atomic mass is 16.7. The molecule has 0 spiro atoms. The lowest BCUT2D eigenvalue weighted by molar-refractivity contribution is -0.276. The highest BCUT2D eigenvalue weighted by molar-refractivity contribution is 5.73. The number of nitrogens with zero attached hydrogens (tertiary/aromatic N) is 1. The van der Waals surface area contributed by atoms with Crippen molar-refractivity contribution in [3.05, 3.63) is 70.8 Å². The third-order valence-electron chi connectivity index (χ3n) is 9.26. The molecule has 2 aromatic carbocycles. The normalized spacial score (nSPS) is 19.8. The summed E-state index contributed by atoms with van der Waals surface area (Å²) in [5, 5.41) is 15.3. The maximum atomic E-state index is 11.9. The zero-order valence-corrected chi connectivity index (χ0v) is 29.3. The number of rotatable bonds is 22. The molecule has 2 amide bonds. The molecule has 7 heteroatoms. The molecule has 1 fully saturated rings. The van der Waals surface area contributed by atoms with Gasteiger partial charge < -0.3 is 30.1 Å². The van der Waals surface area contributed by atoms with E-state index in [1.54, 1.807) is 0 Å². The Kier molecular flexibility index (Phi) is 18.3. The van der Waals surface area contributed by atoms with Gasteiger partial charge in [-0.3, -0.25) is 0 Å². The van der Waals surface area contributed by atoms with Crippen molar-refractivity contribution in [2.24, 2.45) is 5.92 Å². The fourth-order valence-electron chi connectivity index (χ4n) is 6.31. The van der Waals surface area contributed by atoms with E-state index >= 15 is 0 Å². The van der Waals surface area contributed by atoms with Crippen LogP contribution in [0.15, 0.2) is 48.5 Å². The van der Waals surface area contributed by atoms with Crippen LogP contribution < -0.4 is 10.6 Å². The SMILES string of the molecule is CCCCCCCCN(CCCCCCCC)C[C@@H]1O[C@H](c2ccc(CNC(=O)NCC)cc2)O[C@H](c2ccc(CO)cc2)[C@@H]1C. The number of carbonyl (C=O) groups is 1. The number of unbranched alkanes of at least 4 members (excludes halogenated alkanes) is 10. The van der Waals surface area contributed by atoms with Gasteiger partial charge in [-0.1, -0.05) is 134 Å². The number of aliphatic hydroxyl groups excluding tert-OH is 1. The Bertz CT molecular complexity index is 1060. The molecule has 0 aliphatic carbocycles. The Morgan fingerprint density at radius 3 is 1.83 bits per heavy atom. The lowest BCUT2D eigenvalue weighted by atomic mass is 9.90. The number of hydrogen-bond donors (Lipinski definition) is 3. The Balaban J connectivity index is 1.74. The van der Waals surface area contributed by atoms with Crippen molar-refractivity contribution < 1.29 is 19.4 Å². The largest absolute Gasteiger partial charge is 0.392 e. The number of benzene rings is 2. The zero-order valence-electron chi connectivity index (χ0n) is 29.3. The standard InChI is InChI=1S/C39H63N3O4/c1-5-8-10-12-14-16-26-42(27-17-15-13-11-9-6-2)29-36-31(4)37(34-22-20-33(30-43)21-23-34)46-38(45-36)35-24-18-32(19-25-35)28-41-39(44)40-7-3/h18-25,31,36-38,43H,5-17,26-30H2,1-4H3,(H2,40,41,44)/t31-,36+,37+,38+/m1/s1. The van der Waals surface area contributed by atoms with Crippen molar-refractivity contribution in [3.63, 3.8) is 0 Å². The number of hydrogen-bond acceptors (Lipinski definition) is 5. The van der Waals surface area contributed by atoms with Gasteiger partial charge in [0.2, 0.25) is 0 Å². The third-order valence-corrected chi connectivity index (χ3v) is 9.26. The van der Waals surface area contributed by atoms with Crippen LogP contribution >= 0.6 is 0 Å². The van der Waals surface area contributed by atoms with Crippen LogP contribution in [0.5, 0.6) is 0 Å². The first-order valence-electron chi connectivity index (χ1n) is 18.3. The van der Waals surface area contributed by atoms with E-state index in [9.17, 15) is 9.90 Å². The Hall–Kier alpha value is -2.45. The molecule has 0 unspecified atom stereocenters. The fourth-order valence-corrected chi connectivity index (χ4v) is 6.31. The van der Waals surface area contributed by atoms with Gasteiger partial charge >= 0.3 is 6.03 Å². The summed E-state index contributed by atoms with van der Waals surface area (Å²) < 4.78 is 13.5. The first kappa shape index (κ1) is 38.0. The van der Waals surface area contributed by atoms with E-state index < -0.39 is 6.29 Å². The topological polar surface area (TPSA) is 83.1 Å². The number of urea groups is 1. The van der Waals surface area contributed by atoms with Crippen molar-refractivity contribution in [2.75, 3.05) is 26.2 Å². The molecule has 3 N–H and O–H groups in total. The van der Waals surface area contributed by atoms with Gasteiger partial charge in [0.1, 0.15) is 0 Å². The molecule has 2 aromatic rings. The average molecular weight is 638 g/mol. The average Bonchev–Trinajstić information content (AvgIpc) is 3.08. The molecule has 0 saturated carbocycles. The van der Waals surface area contributed by atoms with E-state index in [0.717, 1.165) is 41.9 Å². The predicted molar refractivity (Wildman–Crippen MR) is 189 cm³/mol. The summed E-state index contributed by atoms with van der Waals surface area (Å²) in [7, 11) is 0. The smallest absolute Gasteiger partial charge is 0.315 e. The first-order chi connectivity index (χ1) is 22.5. The summed E-state index contributed by atoms with van der Waals surface area (Å²) in [6.07, 6.45) is 15.0. The number of carbonyl (C=O) groups excluding carboxylic acids is 1. The Morgan fingerprint density at radius 2 is 1.26 bits per heavy atom. The summed E-state index contributed by atoms with van der Waals surface area (Å²) >= 11 is 0. The van der Waals surface area contributed by atoms with Gasteiger partial charge in [-0.05, 0) is 49.5 Å². The third kappa shape index (κ3) is 13.3. The summed E-state index contributed by atoms with van der Waals surface area (Å²) in [6.45, 7) is 12.9. The van der Waals surface area contributed by atoms with E-state index in [4.69, 9.17) is 9.47 Å². The maximum Gasteiger partial charge on any atom is 0.315 e. The van der Waals surface area contributed by atoms with Crippen molar-refractivity contribution >= 4 is 6.03 Å². The van der Waals surface area contributed by atoms with Crippen LogP contribution in [-0.2, 0) is 22.6 Å². The Labute approximate surface area is 279 Å². The fraction of sp³-hybridized carbons (Fsp3) is 0.667. The molecule has 7 nitrogen and oxygen atoms in total. The molecule has 0 aromatic heterocycles. The van der Waals surface area contributed by atoms with Gasteiger partial charge in [0, 0.05) is 31.1 Å². The van der Waals surface area contributed by atoms with Gasteiger partial charge in [0.15, 0.2) is 6.29 Å². The van der Waals surface area contributed by atoms with E-state index in [1.165, 1.54) is 77.0 Å². The van der Waals surface area contributed by atoms with Crippen LogP contribution in [0.25, 0.3) is 0 Å². The first-order valence-corrected chi connectivity index (χ1v) is 18.3. The van der Waals surface area contributed by atoms with Crippen molar-refractivity contribution in [2.45, 2.75) is 136 Å². The van der Waals surface area contributed by atoms with E-state index in [1.807, 2.05) is 31.2 Å². The Morgan fingerprint density at radius 1 is 0.717 bits per heavy atom. The number of nitrogens with one attached hydrogen (secondary N) is 2. The molecular weight excluding hydrogens is 574 g/mol. The van der Waals surface area contributed by atoms with Gasteiger partial charge in [-0.15, -0.1) is 0 Å². The number of aliphatic hydroxyl groups is 1. The van der Waals surface area contributed by atoms with Gasteiger partial charge in [-0.2, -0.15) is 0 Å². The number of ether oxygens (including phenoxy) is 2. The van der Waals surface area contributed by atoms with Crippen LogP contribution in [0.3, 0.4) is 0 Å². The minimum atomic E-state index is -0.487. The quantitative estimate of drug-likeness (QED) is 0.112. The van der Waals surface area contributed by atoms with E-state index in [2.05, 4.69) is 60.6 Å². The molecule has 4 atom stereocenters. The lowest BCUT2D eigenvalue weighted by Gasteiger charge is -2.43. The van der Waals surface area contributed by atoms with Gasteiger partial charge in [0.25, 0.3) is 0 Å². The number of amides is 2. The van der Waals surface area contributed by atoms with Crippen LogP contribution in [0.4, 0.5) is 4.79 Å². The van der Waals surface area contributed by atoms with Crippen molar-refractivity contribution in [3.8, 4) is 0 Å². The van der Waals surface area contributed by atoms with Gasteiger partial charge in [0.05, 0.1) is 18.8 Å².